The molecular weight excluding hydrogens is 370 g/mol. The van der Waals surface area contributed by atoms with Crippen LogP contribution in [0.4, 0.5) is 11.4 Å². The third kappa shape index (κ3) is 3.74. The molecule has 8 nitrogen and oxygen atoms in total. The van der Waals surface area contributed by atoms with Gasteiger partial charge in [-0.05, 0) is 25.1 Å². The van der Waals surface area contributed by atoms with E-state index < -0.39 is 14.9 Å². The topological polar surface area (TPSA) is 93.0 Å². The Kier molecular flexibility index (Phi) is 5.33. The van der Waals surface area contributed by atoms with Crippen molar-refractivity contribution in [3.05, 3.63) is 58.1 Å². The van der Waals surface area contributed by atoms with Crippen LogP contribution in [0, 0.1) is 17.0 Å². The molecule has 0 unspecified atom stereocenters. The van der Waals surface area contributed by atoms with Gasteiger partial charge in [0.15, 0.2) is 0 Å². The molecule has 27 heavy (non-hydrogen) atoms. The van der Waals surface area contributed by atoms with Crippen LogP contribution in [0.15, 0.2) is 47.4 Å². The fourth-order valence-electron chi connectivity index (χ4n) is 3.16. The summed E-state index contributed by atoms with van der Waals surface area (Å²) in [4.78, 5) is 12.6. The maximum Gasteiger partial charge on any atom is 0.273 e. The molecule has 0 atom stereocenters. The predicted octanol–water partition coefficient (Wildman–Crippen LogP) is 2.42. The van der Waals surface area contributed by atoms with Gasteiger partial charge in [0, 0.05) is 37.8 Å². The van der Waals surface area contributed by atoms with Crippen LogP contribution in [-0.4, -0.2) is 50.9 Å². The molecule has 0 N–H and O–H groups in total. The van der Waals surface area contributed by atoms with E-state index in [0.29, 0.717) is 31.7 Å². The lowest BCUT2D eigenvalue weighted by molar-refractivity contribution is -0.385. The summed E-state index contributed by atoms with van der Waals surface area (Å²) in [5.41, 5.74) is 1.16. The van der Waals surface area contributed by atoms with Gasteiger partial charge in [0.05, 0.1) is 22.6 Å². The first-order valence-corrected chi connectivity index (χ1v) is 9.92. The van der Waals surface area contributed by atoms with E-state index in [2.05, 4.69) is 4.90 Å². The molecule has 2 aromatic rings. The normalized spacial score (nSPS) is 15.6. The van der Waals surface area contributed by atoms with Crippen LogP contribution >= 0.6 is 0 Å². The lowest BCUT2D eigenvalue weighted by Crippen LogP contribution is -2.48. The van der Waals surface area contributed by atoms with Crippen LogP contribution in [0.5, 0.6) is 5.75 Å². The molecule has 0 saturated carbocycles. The highest BCUT2D eigenvalue weighted by atomic mass is 32.2. The number of sulfonamides is 1. The Morgan fingerprint density at radius 3 is 2.37 bits per heavy atom. The van der Waals surface area contributed by atoms with E-state index in [4.69, 9.17) is 4.74 Å². The average Bonchev–Trinajstić information content (AvgIpc) is 2.68. The maximum absolute atomic E-state index is 12.9. The number of nitrogens with zero attached hydrogens (tertiary/aromatic N) is 3. The first-order valence-electron chi connectivity index (χ1n) is 8.48. The van der Waals surface area contributed by atoms with E-state index in [1.807, 2.05) is 24.3 Å². The number of hydrogen-bond acceptors (Lipinski definition) is 6. The summed E-state index contributed by atoms with van der Waals surface area (Å²) in [5, 5.41) is 11.1. The molecule has 1 fully saturated rings. The van der Waals surface area contributed by atoms with Gasteiger partial charge in [-0.1, -0.05) is 18.2 Å². The number of nitro groups is 1. The van der Waals surface area contributed by atoms with E-state index in [1.54, 1.807) is 14.0 Å². The maximum atomic E-state index is 12.9. The Hall–Kier alpha value is -2.65. The van der Waals surface area contributed by atoms with Crippen molar-refractivity contribution in [1.29, 1.82) is 0 Å². The Labute approximate surface area is 158 Å². The van der Waals surface area contributed by atoms with Crippen molar-refractivity contribution in [3.63, 3.8) is 0 Å². The molecule has 0 radical (unpaired) electrons. The Balaban J connectivity index is 1.79. The highest BCUT2D eigenvalue weighted by Crippen LogP contribution is 2.30. The van der Waals surface area contributed by atoms with Crippen LogP contribution in [-0.2, 0) is 10.0 Å². The molecule has 3 rings (SSSR count). The first-order chi connectivity index (χ1) is 12.8. The van der Waals surface area contributed by atoms with Gasteiger partial charge in [-0.3, -0.25) is 10.1 Å². The summed E-state index contributed by atoms with van der Waals surface area (Å²) in [7, 11) is -2.18. The quantitative estimate of drug-likeness (QED) is 0.574. The number of anilines is 1. The minimum atomic E-state index is -3.79. The number of para-hydroxylation sites is 2. The molecule has 0 bridgehead atoms. The van der Waals surface area contributed by atoms with Crippen molar-refractivity contribution in [2.45, 2.75) is 11.8 Å². The number of benzene rings is 2. The summed E-state index contributed by atoms with van der Waals surface area (Å²) in [6.07, 6.45) is 0. The second kappa shape index (κ2) is 7.53. The molecule has 0 aromatic heterocycles. The summed E-state index contributed by atoms with van der Waals surface area (Å²) < 4.78 is 32.5. The largest absolute Gasteiger partial charge is 0.495 e. The van der Waals surface area contributed by atoms with Crippen LogP contribution in [0.3, 0.4) is 0 Å². The molecule has 9 heteroatoms. The molecule has 2 aromatic carbocycles. The molecule has 1 heterocycles. The van der Waals surface area contributed by atoms with Gasteiger partial charge in [0.25, 0.3) is 5.69 Å². The Bertz CT molecular complexity index is 953. The number of aryl methyl sites for hydroxylation is 1. The summed E-state index contributed by atoms with van der Waals surface area (Å²) in [6.45, 7) is 3.19. The summed E-state index contributed by atoms with van der Waals surface area (Å²) in [5.74, 6) is 0.739. The molecule has 1 aliphatic heterocycles. The van der Waals surface area contributed by atoms with E-state index in [1.165, 1.54) is 16.4 Å². The zero-order chi connectivity index (χ0) is 19.6. The monoisotopic (exact) mass is 391 g/mol. The molecule has 1 saturated heterocycles. The van der Waals surface area contributed by atoms with Crippen molar-refractivity contribution in [2.24, 2.45) is 0 Å². The van der Waals surface area contributed by atoms with E-state index in [0.717, 1.165) is 17.5 Å². The van der Waals surface area contributed by atoms with Crippen molar-refractivity contribution in [3.8, 4) is 5.75 Å². The third-order valence-electron chi connectivity index (χ3n) is 4.68. The van der Waals surface area contributed by atoms with E-state index >= 15 is 0 Å². The Morgan fingerprint density at radius 1 is 1.07 bits per heavy atom. The minimum Gasteiger partial charge on any atom is -0.495 e. The zero-order valence-electron chi connectivity index (χ0n) is 15.2. The molecule has 0 amide bonds. The number of hydrogen-bond donors (Lipinski definition) is 0. The van der Waals surface area contributed by atoms with Crippen molar-refractivity contribution in [2.75, 3.05) is 38.2 Å². The Morgan fingerprint density at radius 2 is 1.74 bits per heavy atom. The van der Waals surface area contributed by atoms with Crippen molar-refractivity contribution < 1.29 is 18.1 Å². The molecule has 144 valence electrons. The molecule has 0 spiro atoms. The molecule has 0 aliphatic carbocycles. The zero-order valence-corrected chi connectivity index (χ0v) is 16.0. The van der Waals surface area contributed by atoms with Crippen LogP contribution in [0.25, 0.3) is 0 Å². The van der Waals surface area contributed by atoms with Gasteiger partial charge in [0.2, 0.25) is 10.0 Å². The average molecular weight is 391 g/mol. The van der Waals surface area contributed by atoms with Gasteiger partial charge in [-0.2, -0.15) is 4.31 Å². The second-order valence-corrected chi connectivity index (χ2v) is 8.21. The van der Waals surface area contributed by atoms with Gasteiger partial charge < -0.3 is 9.64 Å². The fraction of sp³-hybridized carbons (Fsp3) is 0.333. The number of ether oxygens (including phenoxy) is 1. The lowest BCUT2D eigenvalue weighted by Gasteiger charge is -2.35. The van der Waals surface area contributed by atoms with Gasteiger partial charge in [-0.25, -0.2) is 8.42 Å². The number of nitro benzene ring substituents is 1. The SMILES string of the molecule is COc1ccccc1N1CCN(S(=O)(=O)c2ccc(C)c([N+](=O)[O-])c2)CC1. The highest BCUT2D eigenvalue weighted by Gasteiger charge is 2.30. The number of methoxy groups -OCH3 is 1. The van der Waals surface area contributed by atoms with Crippen molar-refractivity contribution in [1.82, 2.24) is 4.31 Å². The van der Waals surface area contributed by atoms with Gasteiger partial charge in [0.1, 0.15) is 5.75 Å². The van der Waals surface area contributed by atoms with Gasteiger partial charge >= 0.3 is 0 Å². The van der Waals surface area contributed by atoms with E-state index in [9.17, 15) is 18.5 Å². The van der Waals surface area contributed by atoms with Crippen LogP contribution in [0.2, 0.25) is 0 Å². The van der Waals surface area contributed by atoms with Crippen LogP contribution < -0.4 is 9.64 Å². The fourth-order valence-corrected chi connectivity index (χ4v) is 4.60. The predicted molar refractivity (Wildman–Crippen MR) is 102 cm³/mol. The summed E-state index contributed by atoms with van der Waals surface area (Å²) >= 11 is 0. The van der Waals surface area contributed by atoms with Crippen LogP contribution in [0.1, 0.15) is 5.56 Å². The summed E-state index contributed by atoms with van der Waals surface area (Å²) in [6, 6.07) is 11.6. The van der Waals surface area contributed by atoms with Gasteiger partial charge in [-0.15, -0.1) is 0 Å². The minimum absolute atomic E-state index is 0.0504. The lowest BCUT2D eigenvalue weighted by atomic mass is 10.2. The smallest absolute Gasteiger partial charge is 0.273 e. The molecular formula is C18H21N3O5S. The first kappa shape index (κ1) is 19.1. The van der Waals surface area contributed by atoms with E-state index in [-0.39, 0.29) is 10.6 Å². The standard InChI is InChI=1S/C18H21N3O5S/c1-14-7-8-15(13-17(14)21(22)23)27(24,25)20-11-9-19(10-12-20)16-5-3-4-6-18(16)26-2/h3-8,13H,9-12H2,1-2H3. The highest BCUT2D eigenvalue weighted by molar-refractivity contribution is 7.89. The number of rotatable bonds is 5. The second-order valence-electron chi connectivity index (χ2n) is 6.27. The third-order valence-corrected chi connectivity index (χ3v) is 6.57. The van der Waals surface area contributed by atoms with Crippen molar-refractivity contribution >= 4 is 21.4 Å². The number of piperazine rings is 1. The molecule has 1 aliphatic rings.